The molecule has 1 atom stereocenters. The van der Waals surface area contributed by atoms with Crippen molar-refractivity contribution >= 4 is 49.4 Å². The van der Waals surface area contributed by atoms with Crippen molar-refractivity contribution in [1.29, 1.82) is 0 Å². The lowest BCUT2D eigenvalue weighted by Gasteiger charge is -2.14. The van der Waals surface area contributed by atoms with Crippen molar-refractivity contribution in [3.8, 4) is 0 Å². The Kier molecular flexibility index (Phi) is 5.24. The highest BCUT2D eigenvalue weighted by Gasteiger charge is 2.12. The first-order valence-corrected chi connectivity index (χ1v) is 7.95. The van der Waals surface area contributed by atoms with Gasteiger partial charge in [-0.15, -0.1) is 0 Å². The Morgan fingerprint density at radius 2 is 1.80 bits per heavy atom. The summed E-state index contributed by atoms with van der Waals surface area (Å²) in [5, 5.41) is 3.55. The first-order chi connectivity index (χ1) is 9.47. The predicted molar refractivity (Wildman–Crippen MR) is 89.2 cm³/mol. The largest absolute Gasteiger partial charge is 0.346 e. The Hall–Kier alpha value is -0.840. The van der Waals surface area contributed by atoms with Gasteiger partial charge >= 0.3 is 0 Å². The van der Waals surface area contributed by atoms with Gasteiger partial charge in [-0.25, -0.2) is 0 Å². The van der Waals surface area contributed by atoms with Gasteiger partial charge in [0.05, 0.1) is 11.1 Å². The second-order valence-electron chi connectivity index (χ2n) is 4.38. The summed E-state index contributed by atoms with van der Waals surface area (Å²) in [4.78, 5) is 12.2. The summed E-state index contributed by atoms with van der Waals surface area (Å²) in [5.41, 5.74) is 1.62. The minimum Gasteiger partial charge on any atom is -0.346 e. The van der Waals surface area contributed by atoms with E-state index in [9.17, 15) is 4.79 Å². The summed E-state index contributed by atoms with van der Waals surface area (Å²) < 4.78 is 1.73. The van der Waals surface area contributed by atoms with E-state index >= 15 is 0 Å². The fourth-order valence-electron chi connectivity index (χ4n) is 1.75. The van der Waals surface area contributed by atoms with Crippen molar-refractivity contribution in [1.82, 2.24) is 5.32 Å². The molecule has 0 radical (unpaired) electrons. The second-order valence-corrected chi connectivity index (χ2v) is 6.55. The lowest BCUT2D eigenvalue weighted by molar-refractivity contribution is 0.0940. The fourth-order valence-corrected chi connectivity index (χ4v) is 2.51. The Bertz CT molecular complexity index is 628. The molecule has 1 N–H and O–H groups in total. The third-order valence-electron chi connectivity index (χ3n) is 2.90. The van der Waals surface area contributed by atoms with Crippen LogP contribution in [0.4, 0.5) is 0 Å². The third-order valence-corrected chi connectivity index (χ3v) is 4.64. The van der Waals surface area contributed by atoms with E-state index in [-0.39, 0.29) is 11.9 Å². The van der Waals surface area contributed by atoms with Crippen LogP contribution in [0.3, 0.4) is 0 Å². The molecule has 0 spiro atoms. The zero-order valence-electron chi connectivity index (χ0n) is 10.7. The summed E-state index contributed by atoms with van der Waals surface area (Å²) in [5.74, 6) is -0.127. The molecule has 20 heavy (non-hydrogen) atoms. The average Bonchev–Trinajstić information content (AvgIpc) is 2.42. The van der Waals surface area contributed by atoms with Crippen LogP contribution in [0.5, 0.6) is 0 Å². The zero-order chi connectivity index (χ0) is 14.7. The topological polar surface area (TPSA) is 29.1 Å². The van der Waals surface area contributed by atoms with Crippen LogP contribution in [-0.4, -0.2) is 5.91 Å². The number of hydrogen-bond donors (Lipinski definition) is 1. The zero-order valence-corrected chi connectivity index (χ0v) is 14.6. The molecule has 5 heteroatoms. The standard InChI is InChI=1S/C15H12Br2ClNO/c1-9(10-2-5-12(16)6-3-10)19-15(20)11-4-7-14(18)13(17)8-11/h2-9H,1H3,(H,19,20). The van der Waals surface area contributed by atoms with Crippen LogP contribution in [-0.2, 0) is 0 Å². The van der Waals surface area contributed by atoms with Gasteiger partial charge in [-0.05, 0) is 58.7 Å². The van der Waals surface area contributed by atoms with Gasteiger partial charge in [-0.3, -0.25) is 4.79 Å². The molecule has 0 aliphatic rings. The molecule has 0 aliphatic carbocycles. The molecule has 104 valence electrons. The Morgan fingerprint density at radius 3 is 2.40 bits per heavy atom. The maximum Gasteiger partial charge on any atom is 0.251 e. The van der Waals surface area contributed by atoms with E-state index in [0.717, 1.165) is 10.0 Å². The van der Waals surface area contributed by atoms with Gasteiger partial charge < -0.3 is 5.32 Å². The summed E-state index contributed by atoms with van der Waals surface area (Å²) in [6.07, 6.45) is 0. The van der Waals surface area contributed by atoms with E-state index in [4.69, 9.17) is 11.6 Å². The van der Waals surface area contributed by atoms with E-state index in [2.05, 4.69) is 37.2 Å². The summed E-state index contributed by atoms with van der Waals surface area (Å²) in [7, 11) is 0. The van der Waals surface area contributed by atoms with E-state index in [1.165, 1.54) is 0 Å². The van der Waals surface area contributed by atoms with Crippen LogP contribution >= 0.6 is 43.5 Å². The normalized spacial score (nSPS) is 12.0. The number of benzene rings is 2. The highest BCUT2D eigenvalue weighted by Crippen LogP contribution is 2.24. The van der Waals surface area contributed by atoms with Crippen LogP contribution in [0.15, 0.2) is 51.4 Å². The van der Waals surface area contributed by atoms with Crippen LogP contribution in [0, 0.1) is 0 Å². The lowest BCUT2D eigenvalue weighted by Crippen LogP contribution is -2.26. The second kappa shape index (κ2) is 6.74. The average molecular weight is 418 g/mol. The van der Waals surface area contributed by atoms with Crippen LogP contribution in [0.2, 0.25) is 5.02 Å². The molecule has 0 aliphatic heterocycles. The monoisotopic (exact) mass is 415 g/mol. The van der Waals surface area contributed by atoms with Crippen molar-refractivity contribution in [2.24, 2.45) is 0 Å². The molecule has 2 aromatic carbocycles. The molecule has 0 bridgehead atoms. The first kappa shape index (κ1) is 15.5. The molecule has 1 amide bonds. The predicted octanol–water partition coefficient (Wildman–Crippen LogP) is 5.36. The quantitative estimate of drug-likeness (QED) is 0.716. The van der Waals surface area contributed by atoms with Gasteiger partial charge in [-0.2, -0.15) is 0 Å². The molecule has 0 saturated heterocycles. The number of carbonyl (C=O) groups excluding carboxylic acids is 1. The van der Waals surface area contributed by atoms with Gasteiger partial charge in [-0.1, -0.05) is 39.7 Å². The maximum atomic E-state index is 12.2. The van der Waals surface area contributed by atoms with Crippen LogP contribution in [0.25, 0.3) is 0 Å². The number of carbonyl (C=O) groups is 1. The molecular formula is C15H12Br2ClNO. The van der Waals surface area contributed by atoms with Gasteiger partial charge in [0.15, 0.2) is 0 Å². The van der Waals surface area contributed by atoms with Gasteiger partial charge in [0.25, 0.3) is 5.91 Å². The highest BCUT2D eigenvalue weighted by atomic mass is 79.9. The van der Waals surface area contributed by atoms with Crippen molar-refractivity contribution < 1.29 is 4.79 Å². The van der Waals surface area contributed by atoms with Crippen molar-refractivity contribution in [2.75, 3.05) is 0 Å². The van der Waals surface area contributed by atoms with E-state index in [0.29, 0.717) is 15.1 Å². The number of hydrogen-bond acceptors (Lipinski definition) is 1. The van der Waals surface area contributed by atoms with E-state index < -0.39 is 0 Å². The molecule has 0 aromatic heterocycles. The maximum absolute atomic E-state index is 12.2. The molecule has 1 unspecified atom stereocenters. The highest BCUT2D eigenvalue weighted by molar-refractivity contribution is 9.10. The fraction of sp³-hybridized carbons (Fsp3) is 0.133. The first-order valence-electron chi connectivity index (χ1n) is 5.99. The number of rotatable bonds is 3. The third kappa shape index (κ3) is 3.84. The van der Waals surface area contributed by atoms with E-state index in [1.54, 1.807) is 18.2 Å². The molecule has 2 aromatic rings. The molecule has 2 nitrogen and oxygen atoms in total. The Morgan fingerprint density at radius 1 is 1.15 bits per heavy atom. The summed E-state index contributed by atoms with van der Waals surface area (Å²) in [6.45, 7) is 1.95. The minimum atomic E-state index is -0.127. The number of nitrogens with one attached hydrogen (secondary N) is 1. The minimum absolute atomic E-state index is 0.0648. The lowest BCUT2D eigenvalue weighted by atomic mass is 10.1. The summed E-state index contributed by atoms with van der Waals surface area (Å²) >= 11 is 12.6. The smallest absolute Gasteiger partial charge is 0.251 e. The number of amides is 1. The van der Waals surface area contributed by atoms with Crippen molar-refractivity contribution in [3.05, 3.63) is 67.6 Å². The van der Waals surface area contributed by atoms with Crippen molar-refractivity contribution in [2.45, 2.75) is 13.0 Å². The van der Waals surface area contributed by atoms with Gasteiger partial charge in [0.1, 0.15) is 0 Å². The van der Waals surface area contributed by atoms with Gasteiger partial charge in [0.2, 0.25) is 0 Å². The SMILES string of the molecule is CC(NC(=O)c1ccc(Cl)c(Br)c1)c1ccc(Br)cc1. The van der Waals surface area contributed by atoms with E-state index in [1.807, 2.05) is 31.2 Å². The molecule has 0 saturated carbocycles. The van der Waals surface area contributed by atoms with Crippen molar-refractivity contribution in [3.63, 3.8) is 0 Å². The van der Waals surface area contributed by atoms with Crippen LogP contribution < -0.4 is 5.32 Å². The molecule has 2 rings (SSSR count). The summed E-state index contributed by atoms with van der Waals surface area (Å²) in [6, 6.07) is 12.9. The molecule has 0 heterocycles. The van der Waals surface area contributed by atoms with Crippen LogP contribution in [0.1, 0.15) is 28.9 Å². The number of halogens is 3. The Balaban J connectivity index is 2.10. The molecular weight excluding hydrogens is 405 g/mol. The Labute approximate surface area is 139 Å². The molecule has 0 fully saturated rings. The van der Waals surface area contributed by atoms with Gasteiger partial charge in [0, 0.05) is 14.5 Å².